The van der Waals surface area contributed by atoms with Crippen LogP contribution in [0.1, 0.15) is 5.56 Å². The van der Waals surface area contributed by atoms with Gasteiger partial charge in [-0.3, -0.25) is 0 Å². The highest BCUT2D eigenvalue weighted by molar-refractivity contribution is 9.10. The van der Waals surface area contributed by atoms with Crippen LogP contribution >= 0.6 is 27.5 Å². The number of benzene rings is 1. The number of hydrogen-bond acceptors (Lipinski definition) is 3. The monoisotopic (exact) mass is 297 g/mol. The normalized spacial score (nSPS) is 10.1. The fourth-order valence-corrected chi connectivity index (χ4v) is 1.66. The molecule has 0 aliphatic rings. The minimum Gasteiger partial charge on any atom is -0.381 e. The molecule has 0 aliphatic heterocycles. The maximum absolute atomic E-state index is 5.98. The van der Waals surface area contributed by atoms with Crippen molar-refractivity contribution in [2.45, 2.75) is 6.54 Å². The first-order chi connectivity index (χ1) is 7.75. The highest BCUT2D eigenvalue weighted by Gasteiger charge is 1.99. The maximum Gasteiger partial charge on any atom is 0.115 e. The van der Waals surface area contributed by atoms with Gasteiger partial charge in [0, 0.05) is 34.7 Å². The van der Waals surface area contributed by atoms with Gasteiger partial charge in [-0.25, -0.2) is 9.97 Å². The van der Waals surface area contributed by atoms with Crippen molar-refractivity contribution in [3.8, 4) is 0 Å². The Hall–Kier alpha value is -1.13. The lowest BCUT2D eigenvalue weighted by Crippen LogP contribution is -2.00. The second-order valence-electron chi connectivity index (χ2n) is 3.23. The van der Waals surface area contributed by atoms with Crippen molar-refractivity contribution in [2.75, 3.05) is 5.32 Å². The minimum absolute atomic E-state index is 0.679. The Morgan fingerprint density at radius 2 is 2.00 bits per heavy atom. The molecule has 0 atom stereocenters. The summed E-state index contributed by atoms with van der Waals surface area (Å²) in [6.07, 6.45) is 5.07. The Morgan fingerprint density at radius 1 is 1.25 bits per heavy atom. The van der Waals surface area contributed by atoms with E-state index in [4.69, 9.17) is 11.6 Å². The minimum atomic E-state index is 0.679. The molecule has 1 heterocycles. The third kappa shape index (κ3) is 2.93. The van der Waals surface area contributed by atoms with Crippen molar-refractivity contribution in [3.63, 3.8) is 0 Å². The van der Waals surface area contributed by atoms with E-state index in [-0.39, 0.29) is 0 Å². The van der Waals surface area contributed by atoms with Crippen LogP contribution in [0.2, 0.25) is 5.02 Å². The Balaban J connectivity index is 2.03. The van der Waals surface area contributed by atoms with Gasteiger partial charge in [0.25, 0.3) is 0 Å². The molecular formula is C11H9BrClN3. The van der Waals surface area contributed by atoms with Gasteiger partial charge < -0.3 is 5.32 Å². The van der Waals surface area contributed by atoms with Crippen molar-refractivity contribution in [3.05, 3.63) is 52.0 Å². The first kappa shape index (κ1) is 11.4. The highest BCUT2D eigenvalue weighted by Crippen LogP contribution is 2.25. The molecule has 0 saturated carbocycles. The van der Waals surface area contributed by atoms with E-state index in [1.54, 1.807) is 12.4 Å². The molecule has 3 nitrogen and oxygen atoms in total. The Kier molecular flexibility index (Phi) is 3.74. The summed E-state index contributed by atoms with van der Waals surface area (Å²) in [5.41, 5.74) is 2.00. The number of hydrogen-bond donors (Lipinski definition) is 1. The summed E-state index contributed by atoms with van der Waals surface area (Å²) >= 11 is 9.33. The van der Waals surface area contributed by atoms with Crippen LogP contribution in [0.5, 0.6) is 0 Å². The first-order valence-electron chi connectivity index (χ1n) is 4.68. The number of halogens is 2. The summed E-state index contributed by atoms with van der Waals surface area (Å²) in [4.78, 5) is 7.89. The van der Waals surface area contributed by atoms with Crippen LogP contribution in [0, 0.1) is 0 Å². The van der Waals surface area contributed by atoms with E-state index < -0.39 is 0 Å². The van der Waals surface area contributed by atoms with Crippen LogP contribution in [0.25, 0.3) is 0 Å². The maximum atomic E-state index is 5.98. The van der Waals surface area contributed by atoms with Crippen molar-refractivity contribution < 1.29 is 0 Å². The van der Waals surface area contributed by atoms with Gasteiger partial charge in [-0.15, -0.1) is 0 Å². The molecule has 0 spiro atoms. The summed E-state index contributed by atoms with van der Waals surface area (Å²) in [7, 11) is 0. The van der Waals surface area contributed by atoms with Gasteiger partial charge in [0.2, 0.25) is 0 Å². The zero-order valence-corrected chi connectivity index (χ0v) is 10.7. The van der Waals surface area contributed by atoms with Gasteiger partial charge >= 0.3 is 0 Å². The molecule has 5 heteroatoms. The fourth-order valence-electron chi connectivity index (χ4n) is 1.23. The molecule has 0 aliphatic carbocycles. The van der Waals surface area contributed by atoms with E-state index >= 15 is 0 Å². The smallest absolute Gasteiger partial charge is 0.115 e. The lowest BCUT2D eigenvalue weighted by Gasteiger charge is -2.06. The molecule has 0 radical (unpaired) electrons. The van der Waals surface area contributed by atoms with Gasteiger partial charge in [-0.05, 0) is 34.1 Å². The summed E-state index contributed by atoms with van der Waals surface area (Å²) in [6.45, 7) is 0.679. The highest BCUT2D eigenvalue weighted by atomic mass is 79.9. The topological polar surface area (TPSA) is 37.8 Å². The van der Waals surface area contributed by atoms with Crippen LogP contribution in [-0.4, -0.2) is 9.97 Å². The molecule has 0 amide bonds. The molecule has 0 saturated heterocycles. The second kappa shape index (κ2) is 5.27. The van der Waals surface area contributed by atoms with Crippen LogP contribution < -0.4 is 5.32 Å². The summed E-state index contributed by atoms with van der Waals surface area (Å²) in [6, 6.07) is 5.74. The van der Waals surface area contributed by atoms with Gasteiger partial charge in [0.1, 0.15) is 6.33 Å². The van der Waals surface area contributed by atoms with Gasteiger partial charge in [-0.1, -0.05) is 11.6 Å². The van der Waals surface area contributed by atoms with E-state index in [1.807, 2.05) is 18.2 Å². The van der Waals surface area contributed by atoms with Crippen LogP contribution in [-0.2, 0) is 6.54 Å². The quantitative estimate of drug-likeness (QED) is 0.942. The molecule has 82 valence electrons. The van der Waals surface area contributed by atoms with E-state index in [9.17, 15) is 0 Å². The third-order valence-electron chi connectivity index (χ3n) is 2.03. The predicted octanol–water partition coefficient (Wildman–Crippen LogP) is 3.50. The molecule has 0 unspecified atom stereocenters. The number of rotatable bonds is 3. The van der Waals surface area contributed by atoms with Gasteiger partial charge in [0.05, 0.1) is 5.02 Å². The fraction of sp³-hybridized carbons (Fsp3) is 0.0909. The van der Waals surface area contributed by atoms with Crippen molar-refractivity contribution >= 4 is 33.2 Å². The number of nitrogens with one attached hydrogen (secondary N) is 1. The van der Waals surface area contributed by atoms with Crippen molar-refractivity contribution in [2.24, 2.45) is 0 Å². The zero-order chi connectivity index (χ0) is 11.4. The lowest BCUT2D eigenvalue weighted by atomic mass is 10.3. The molecule has 16 heavy (non-hydrogen) atoms. The van der Waals surface area contributed by atoms with Gasteiger partial charge in [0.15, 0.2) is 0 Å². The number of nitrogens with zero attached hydrogens (tertiary/aromatic N) is 2. The molecule has 0 fully saturated rings. The van der Waals surface area contributed by atoms with E-state index in [0.717, 1.165) is 15.7 Å². The van der Waals surface area contributed by atoms with Crippen molar-refractivity contribution in [1.82, 2.24) is 9.97 Å². The Morgan fingerprint density at radius 3 is 2.69 bits per heavy atom. The zero-order valence-electron chi connectivity index (χ0n) is 8.32. The first-order valence-corrected chi connectivity index (χ1v) is 5.85. The van der Waals surface area contributed by atoms with E-state index in [0.29, 0.717) is 11.6 Å². The second-order valence-corrected chi connectivity index (χ2v) is 4.49. The van der Waals surface area contributed by atoms with Crippen molar-refractivity contribution in [1.29, 1.82) is 0 Å². The molecular weight excluding hydrogens is 289 g/mol. The average Bonchev–Trinajstić information content (AvgIpc) is 2.32. The molecule has 1 N–H and O–H groups in total. The standard InChI is InChI=1S/C11H9BrClN3/c12-10-2-1-9(3-11(10)13)16-6-8-4-14-7-15-5-8/h1-5,7,16H,6H2. The Bertz CT molecular complexity index is 476. The molecule has 1 aromatic heterocycles. The SMILES string of the molecule is Clc1cc(NCc2cncnc2)ccc1Br. The third-order valence-corrected chi connectivity index (χ3v) is 3.26. The Labute approximate surface area is 107 Å². The van der Waals surface area contributed by atoms with Crippen LogP contribution in [0.4, 0.5) is 5.69 Å². The van der Waals surface area contributed by atoms with E-state index in [1.165, 1.54) is 6.33 Å². The van der Waals surface area contributed by atoms with E-state index in [2.05, 4.69) is 31.2 Å². The van der Waals surface area contributed by atoms with Crippen LogP contribution in [0.15, 0.2) is 41.4 Å². The van der Waals surface area contributed by atoms with Crippen LogP contribution in [0.3, 0.4) is 0 Å². The molecule has 1 aromatic carbocycles. The van der Waals surface area contributed by atoms with Gasteiger partial charge in [-0.2, -0.15) is 0 Å². The lowest BCUT2D eigenvalue weighted by molar-refractivity contribution is 1.05. The molecule has 2 aromatic rings. The average molecular weight is 299 g/mol. The predicted molar refractivity (Wildman–Crippen MR) is 68.5 cm³/mol. The number of aromatic nitrogens is 2. The largest absolute Gasteiger partial charge is 0.381 e. The molecule has 0 bridgehead atoms. The number of anilines is 1. The molecule has 2 rings (SSSR count). The summed E-state index contributed by atoms with van der Waals surface area (Å²) < 4.78 is 0.891. The summed E-state index contributed by atoms with van der Waals surface area (Å²) in [5, 5.41) is 3.93. The summed E-state index contributed by atoms with van der Waals surface area (Å²) in [5.74, 6) is 0.